The Morgan fingerprint density at radius 1 is 1.35 bits per heavy atom. The molecule has 0 aliphatic rings. The summed E-state index contributed by atoms with van der Waals surface area (Å²) in [5, 5.41) is 0. The second kappa shape index (κ2) is 5.04. The molecule has 17 heavy (non-hydrogen) atoms. The average Bonchev–Trinajstić information content (AvgIpc) is 2.18. The standard InChI is InChI=1S/C11H12F3N3/c1-7(2)8(3-4-11(12,13)14)9-5-16-6-17-10(9)15/h5-8H,1-2H3,(H2,15,16,17). The van der Waals surface area contributed by atoms with Crippen LogP contribution in [0.15, 0.2) is 12.5 Å². The number of aromatic nitrogens is 2. The van der Waals surface area contributed by atoms with Gasteiger partial charge in [-0.3, -0.25) is 0 Å². The van der Waals surface area contributed by atoms with Gasteiger partial charge in [0, 0.05) is 17.7 Å². The quantitative estimate of drug-likeness (QED) is 0.811. The Morgan fingerprint density at radius 3 is 2.47 bits per heavy atom. The lowest BCUT2D eigenvalue weighted by Gasteiger charge is -2.15. The van der Waals surface area contributed by atoms with E-state index in [-0.39, 0.29) is 11.7 Å². The first kappa shape index (κ1) is 13.3. The summed E-state index contributed by atoms with van der Waals surface area (Å²) in [5.41, 5.74) is 6.03. The predicted molar refractivity (Wildman–Crippen MR) is 57.9 cm³/mol. The van der Waals surface area contributed by atoms with Crippen LogP contribution in [0, 0.1) is 17.8 Å². The zero-order valence-electron chi connectivity index (χ0n) is 9.42. The Hall–Kier alpha value is -1.77. The van der Waals surface area contributed by atoms with Crippen LogP contribution in [0.1, 0.15) is 25.3 Å². The summed E-state index contributed by atoms with van der Waals surface area (Å²) in [5.74, 6) is 2.87. The molecule has 0 aliphatic carbocycles. The molecule has 0 aliphatic heterocycles. The molecule has 92 valence electrons. The van der Waals surface area contributed by atoms with E-state index in [1.165, 1.54) is 18.4 Å². The molecule has 0 spiro atoms. The molecule has 0 aromatic carbocycles. The van der Waals surface area contributed by atoms with Crippen molar-refractivity contribution in [1.29, 1.82) is 0 Å². The van der Waals surface area contributed by atoms with Gasteiger partial charge in [0.15, 0.2) is 0 Å². The van der Waals surface area contributed by atoms with Crippen LogP contribution in [0.25, 0.3) is 0 Å². The Kier molecular flexibility index (Phi) is 3.94. The molecular formula is C11H12F3N3. The van der Waals surface area contributed by atoms with E-state index >= 15 is 0 Å². The molecule has 2 N–H and O–H groups in total. The topological polar surface area (TPSA) is 51.8 Å². The molecule has 0 radical (unpaired) electrons. The molecule has 1 heterocycles. The van der Waals surface area contributed by atoms with Crippen molar-refractivity contribution in [3.05, 3.63) is 18.1 Å². The van der Waals surface area contributed by atoms with Crippen molar-refractivity contribution in [2.24, 2.45) is 5.92 Å². The molecule has 3 nitrogen and oxygen atoms in total. The summed E-state index contributed by atoms with van der Waals surface area (Å²) in [7, 11) is 0. The number of nitrogens with two attached hydrogens (primary N) is 1. The van der Waals surface area contributed by atoms with Crippen LogP contribution < -0.4 is 5.73 Å². The average molecular weight is 243 g/mol. The van der Waals surface area contributed by atoms with Crippen molar-refractivity contribution >= 4 is 5.82 Å². The normalized spacial score (nSPS) is 13.1. The van der Waals surface area contributed by atoms with E-state index in [0.717, 1.165) is 0 Å². The predicted octanol–water partition coefficient (Wildman–Crippen LogP) is 2.36. The smallest absolute Gasteiger partial charge is 0.383 e. The number of hydrogen-bond acceptors (Lipinski definition) is 3. The highest BCUT2D eigenvalue weighted by molar-refractivity contribution is 5.43. The molecule has 0 saturated heterocycles. The maximum absolute atomic E-state index is 12.1. The maximum Gasteiger partial charge on any atom is 0.457 e. The highest BCUT2D eigenvalue weighted by Crippen LogP contribution is 2.27. The van der Waals surface area contributed by atoms with Gasteiger partial charge in [-0.15, -0.1) is 0 Å². The Bertz CT molecular complexity index is 443. The Labute approximate surface area is 97.3 Å². The third-order valence-corrected chi connectivity index (χ3v) is 2.14. The first-order valence-corrected chi connectivity index (χ1v) is 4.96. The number of hydrogen-bond donors (Lipinski definition) is 1. The highest BCUT2D eigenvalue weighted by atomic mass is 19.4. The van der Waals surface area contributed by atoms with Crippen LogP contribution in [-0.4, -0.2) is 16.1 Å². The largest absolute Gasteiger partial charge is 0.457 e. The minimum atomic E-state index is -4.50. The molecule has 6 heteroatoms. The zero-order valence-corrected chi connectivity index (χ0v) is 9.42. The molecule has 0 amide bonds. The van der Waals surface area contributed by atoms with E-state index in [2.05, 4.69) is 15.9 Å². The summed E-state index contributed by atoms with van der Waals surface area (Å²) in [6.45, 7) is 3.53. The van der Waals surface area contributed by atoms with Crippen LogP contribution in [0.2, 0.25) is 0 Å². The van der Waals surface area contributed by atoms with Crippen molar-refractivity contribution in [1.82, 2.24) is 9.97 Å². The van der Waals surface area contributed by atoms with Gasteiger partial charge in [0.25, 0.3) is 0 Å². The van der Waals surface area contributed by atoms with Gasteiger partial charge in [0.1, 0.15) is 12.1 Å². The summed E-state index contributed by atoms with van der Waals surface area (Å²) in [6.07, 6.45) is -1.86. The van der Waals surface area contributed by atoms with E-state index in [0.29, 0.717) is 5.56 Å². The van der Waals surface area contributed by atoms with E-state index < -0.39 is 12.1 Å². The zero-order chi connectivity index (χ0) is 13.1. The minimum absolute atomic E-state index is 0.113. The summed E-state index contributed by atoms with van der Waals surface area (Å²) >= 11 is 0. The molecule has 1 unspecified atom stereocenters. The molecule has 1 rings (SSSR count). The fourth-order valence-corrected chi connectivity index (χ4v) is 1.35. The van der Waals surface area contributed by atoms with Crippen LogP contribution in [0.4, 0.5) is 19.0 Å². The third-order valence-electron chi connectivity index (χ3n) is 2.14. The molecule has 1 aromatic rings. The number of nitrogens with zero attached hydrogens (tertiary/aromatic N) is 2. The lowest BCUT2D eigenvalue weighted by atomic mass is 9.90. The van der Waals surface area contributed by atoms with E-state index in [9.17, 15) is 13.2 Å². The summed E-state index contributed by atoms with van der Waals surface area (Å²) in [6, 6.07) is 0. The van der Waals surface area contributed by atoms with E-state index in [1.54, 1.807) is 13.8 Å². The second-order valence-electron chi connectivity index (χ2n) is 3.85. The maximum atomic E-state index is 12.1. The van der Waals surface area contributed by atoms with Crippen LogP contribution in [0.5, 0.6) is 0 Å². The van der Waals surface area contributed by atoms with Gasteiger partial charge in [-0.25, -0.2) is 9.97 Å². The first-order valence-electron chi connectivity index (χ1n) is 4.96. The van der Waals surface area contributed by atoms with Crippen molar-refractivity contribution < 1.29 is 13.2 Å². The number of alkyl halides is 3. The number of halogens is 3. The molecule has 1 atom stereocenters. The van der Waals surface area contributed by atoms with Gasteiger partial charge < -0.3 is 5.73 Å². The minimum Gasteiger partial charge on any atom is -0.383 e. The molecule has 0 bridgehead atoms. The third kappa shape index (κ3) is 3.94. The number of nitrogen functional groups attached to an aromatic ring is 1. The number of anilines is 1. The lowest BCUT2D eigenvalue weighted by molar-refractivity contribution is -0.0698. The monoisotopic (exact) mass is 243 g/mol. The van der Waals surface area contributed by atoms with Gasteiger partial charge >= 0.3 is 6.18 Å². The fraction of sp³-hybridized carbons (Fsp3) is 0.455. The Morgan fingerprint density at radius 2 is 2.00 bits per heavy atom. The molecule has 1 aromatic heterocycles. The van der Waals surface area contributed by atoms with Crippen LogP contribution >= 0.6 is 0 Å². The van der Waals surface area contributed by atoms with Gasteiger partial charge in [-0.1, -0.05) is 19.8 Å². The molecular weight excluding hydrogens is 231 g/mol. The summed E-state index contributed by atoms with van der Waals surface area (Å²) in [4.78, 5) is 7.50. The van der Waals surface area contributed by atoms with Crippen LogP contribution in [-0.2, 0) is 0 Å². The van der Waals surface area contributed by atoms with Crippen molar-refractivity contribution in [3.63, 3.8) is 0 Å². The lowest BCUT2D eigenvalue weighted by Crippen LogP contribution is -2.11. The fourth-order valence-electron chi connectivity index (χ4n) is 1.35. The van der Waals surface area contributed by atoms with E-state index in [4.69, 9.17) is 5.73 Å². The van der Waals surface area contributed by atoms with Crippen molar-refractivity contribution in [2.45, 2.75) is 25.9 Å². The van der Waals surface area contributed by atoms with Crippen LogP contribution in [0.3, 0.4) is 0 Å². The first-order chi connectivity index (χ1) is 7.81. The Balaban J connectivity index is 3.10. The summed E-state index contributed by atoms with van der Waals surface area (Å²) < 4.78 is 36.2. The SMILES string of the molecule is CC(C)C(C#CC(F)(F)F)c1cncnc1N. The van der Waals surface area contributed by atoms with E-state index in [1.807, 2.05) is 0 Å². The highest BCUT2D eigenvalue weighted by Gasteiger charge is 2.25. The van der Waals surface area contributed by atoms with Crippen molar-refractivity contribution in [2.75, 3.05) is 5.73 Å². The second-order valence-corrected chi connectivity index (χ2v) is 3.85. The van der Waals surface area contributed by atoms with Gasteiger partial charge in [-0.2, -0.15) is 13.2 Å². The molecule has 0 fully saturated rings. The van der Waals surface area contributed by atoms with Gasteiger partial charge in [0.05, 0.1) is 5.92 Å². The van der Waals surface area contributed by atoms with Gasteiger partial charge in [0.2, 0.25) is 0 Å². The van der Waals surface area contributed by atoms with Crippen molar-refractivity contribution in [3.8, 4) is 11.8 Å². The van der Waals surface area contributed by atoms with Gasteiger partial charge in [-0.05, 0) is 5.92 Å². The number of rotatable bonds is 2. The molecule has 0 saturated carbocycles.